The molecule has 122 valence electrons. The van der Waals surface area contributed by atoms with Crippen LogP contribution in [-0.2, 0) is 20.9 Å². The Kier molecular flexibility index (Phi) is 7.84. The zero-order valence-corrected chi connectivity index (χ0v) is 13.3. The summed E-state index contributed by atoms with van der Waals surface area (Å²) in [4.78, 5) is 23.2. The van der Waals surface area contributed by atoms with Crippen molar-refractivity contribution in [3.8, 4) is 0 Å². The van der Waals surface area contributed by atoms with Gasteiger partial charge in [-0.2, -0.15) is 0 Å². The van der Waals surface area contributed by atoms with Gasteiger partial charge in [-0.05, 0) is 17.7 Å². The Morgan fingerprint density at radius 3 is 2.73 bits per heavy atom. The van der Waals surface area contributed by atoms with Crippen LogP contribution in [0.3, 0.4) is 0 Å². The number of rotatable bonds is 8. The molecule has 0 bridgehead atoms. The van der Waals surface area contributed by atoms with Crippen LogP contribution < -0.4 is 10.6 Å². The van der Waals surface area contributed by atoms with E-state index in [1.165, 1.54) is 6.92 Å². The molecule has 0 spiro atoms. The Morgan fingerprint density at radius 1 is 1.41 bits per heavy atom. The first-order chi connectivity index (χ1) is 10.4. The number of alkyl halides is 1. The van der Waals surface area contributed by atoms with E-state index in [9.17, 15) is 14.0 Å². The van der Waals surface area contributed by atoms with E-state index in [1.807, 2.05) is 6.07 Å². The van der Waals surface area contributed by atoms with Crippen molar-refractivity contribution in [3.05, 3.63) is 34.9 Å². The molecule has 0 saturated heterocycles. The molecular weight excluding hydrogens is 311 g/mol. The van der Waals surface area contributed by atoms with Crippen molar-refractivity contribution in [3.63, 3.8) is 0 Å². The third-order valence-corrected chi connectivity index (χ3v) is 3.05. The van der Waals surface area contributed by atoms with Crippen molar-refractivity contribution in [2.75, 3.05) is 6.61 Å². The van der Waals surface area contributed by atoms with Crippen LogP contribution in [0.4, 0.5) is 4.39 Å². The molecule has 0 aliphatic carbocycles. The van der Waals surface area contributed by atoms with E-state index in [0.717, 1.165) is 5.56 Å². The maximum atomic E-state index is 13.1. The summed E-state index contributed by atoms with van der Waals surface area (Å²) in [6, 6.07) is 6.09. The van der Waals surface area contributed by atoms with Gasteiger partial charge in [-0.25, -0.2) is 4.39 Å². The van der Waals surface area contributed by atoms with Gasteiger partial charge in [-0.15, -0.1) is 0 Å². The van der Waals surface area contributed by atoms with Crippen molar-refractivity contribution in [2.24, 2.45) is 0 Å². The molecule has 0 fully saturated rings. The molecule has 0 aliphatic rings. The van der Waals surface area contributed by atoms with E-state index >= 15 is 0 Å². The number of ether oxygens (including phenoxy) is 1. The van der Waals surface area contributed by atoms with Gasteiger partial charge in [0.25, 0.3) is 0 Å². The van der Waals surface area contributed by atoms with E-state index in [2.05, 4.69) is 10.6 Å². The number of nitrogens with one attached hydrogen (secondary N) is 2. The number of hydrogen-bond acceptors (Lipinski definition) is 3. The SMILES string of the molecule is CCC(F)OC[C@@H](NC(C)=O)C(=O)NCc1cccc(Cl)c1. The summed E-state index contributed by atoms with van der Waals surface area (Å²) in [6.07, 6.45) is -1.28. The van der Waals surface area contributed by atoms with Crippen LogP contribution in [0.1, 0.15) is 25.8 Å². The van der Waals surface area contributed by atoms with Crippen molar-refractivity contribution in [1.29, 1.82) is 0 Å². The molecule has 1 aromatic carbocycles. The highest BCUT2D eigenvalue weighted by Gasteiger charge is 2.21. The van der Waals surface area contributed by atoms with E-state index in [1.54, 1.807) is 25.1 Å². The fraction of sp³-hybridized carbons (Fsp3) is 0.467. The maximum Gasteiger partial charge on any atom is 0.245 e. The predicted molar refractivity (Wildman–Crippen MR) is 82.0 cm³/mol. The molecule has 0 aliphatic heterocycles. The monoisotopic (exact) mass is 330 g/mol. The summed E-state index contributed by atoms with van der Waals surface area (Å²) < 4.78 is 18.0. The van der Waals surface area contributed by atoms with Crippen molar-refractivity contribution in [1.82, 2.24) is 10.6 Å². The van der Waals surface area contributed by atoms with Crippen LogP contribution in [0.2, 0.25) is 5.02 Å². The van der Waals surface area contributed by atoms with Gasteiger partial charge in [-0.3, -0.25) is 9.59 Å². The van der Waals surface area contributed by atoms with Gasteiger partial charge in [0.1, 0.15) is 6.04 Å². The predicted octanol–water partition coefficient (Wildman–Crippen LogP) is 2.18. The number of hydrogen-bond donors (Lipinski definition) is 2. The Labute approximate surface area is 134 Å². The van der Waals surface area contributed by atoms with Gasteiger partial charge in [0, 0.05) is 24.9 Å². The quantitative estimate of drug-likeness (QED) is 0.767. The van der Waals surface area contributed by atoms with Crippen LogP contribution in [-0.4, -0.2) is 30.8 Å². The average Bonchev–Trinajstić information content (AvgIpc) is 2.48. The molecule has 1 unspecified atom stereocenters. The zero-order chi connectivity index (χ0) is 16.5. The Morgan fingerprint density at radius 2 is 2.14 bits per heavy atom. The second-order valence-electron chi connectivity index (χ2n) is 4.75. The lowest BCUT2D eigenvalue weighted by Gasteiger charge is -2.18. The lowest BCUT2D eigenvalue weighted by Crippen LogP contribution is -2.49. The summed E-state index contributed by atoms with van der Waals surface area (Å²) in [5.41, 5.74) is 0.820. The van der Waals surface area contributed by atoms with Crippen molar-refractivity contribution >= 4 is 23.4 Å². The van der Waals surface area contributed by atoms with Gasteiger partial charge in [0.05, 0.1) is 6.61 Å². The maximum absolute atomic E-state index is 13.1. The fourth-order valence-corrected chi connectivity index (χ4v) is 1.92. The van der Waals surface area contributed by atoms with Crippen LogP contribution in [0.25, 0.3) is 0 Å². The number of amides is 2. The van der Waals surface area contributed by atoms with E-state index in [0.29, 0.717) is 5.02 Å². The summed E-state index contributed by atoms with van der Waals surface area (Å²) in [5.74, 6) is -0.836. The summed E-state index contributed by atoms with van der Waals surface area (Å²) in [5, 5.41) is 5.66. The second kappa shape index (κ2) is 9.38. The Balaban J connectivity index is 2.56. The highest BCUT2D eigenvalue weighted by Crippen LogP contribution is 2.10. The Hall–Kier alpha value is -1.66. The van der Waals surface area contributed by atoms with Crippen LogP contribution in [0.5, 0.6) is 0 Å². The highest BCUT2D eigenvalue weighted by atomic mass is 35.5. The van der Waals surface area contributed by atoms with Gasteiger partial charge < -0.3 is 15.4 Å². The van der Waals surface area contributed by atoms with E-state index in [-0.39, 0.29) is 19.6 Å². The minimum Gasteiger partial charge on any atom is -0.350 e. The molecule has 7 heteroatoms. The average molecular weight is 331 g/mol. The Bertz CT molecular complexity index is 513. The number of carbonyl (C=O) groups is 2. The van der Waals surface area contributed by atoms with Crippen molar-refractivity contribution < 1.29 is 18.7 Å². The molecule has 0 heterocycles. The largest absolute Gasteiger partial charge is 0.350 e. The summed E-state index contributed by atoms with van der Waals surface area (Å²) >= 11 is 5.86. The molecule has 2 N–H and O–H groups in total. The molecule has 22 heavy (non-hydrogen) atoms. The molecule has 1 rings (SSSR count). The first kappa shape index (κ1) is 18.4. The standard InChI is InChI=1S/C15H20ClFN2O3/c1-3-14(17)22-9-13(19-10(2)20)15(21)18-8-11-5-4-6-12(16)7-11/h4-7,13-14H,3,8-9H2,1-2H3,(H,18,21)(H,19,20)/t13-,14?/m1/s1. The van der Waals surface area contributed by atoms with E-state index < -0.39 is 24.2 Å². The third kappa shape index (κ3) is 6.87. The van der Waals surface area contributed by atoms with Crippen LogP contribution in [0, 0.1) is 0 Å². The summed E-state index contributed by atoms with van der Waals surface area (Å²) in [6.45, 7) is 2.93. The normalized spacial score (nSPS) is 13.3. The summed E-state index contributed by atoms with van der Waals surface area (Å²) in [7, 11) is 0. The minimum absolute atomic E-state index is 0.178. The lowest BCUT2D eigenvalue weighted by molar-refractivity contribution is -0.132. The molecule has 0 aromatic heterocycles. The van der Waals surface area contributed by atoms with Crippen LogP contribution in [0.15, 0.2) is 24.3 Å². The molecule has 1 aromatic rings. The molecule has 2 atom stereocenters. The fourth-order valence-electron chi connectivity index (χ4n) is 1.71. The smallest absolute Gasteiger partial charge is 0.245 e. The first-order valence-electron chi connectivity index (χ1n) is 6.97. The number of benzene rings is 1. The molecule has 5 nitrogen and oxygen atoms in total. The van der Waals surface area contributed by atoms with Gasteiger partial charge in [0.15, 0.2) is 6.36 Å². The van der Waals surface area contributed by atoms with Gasteiger partial charge in [-0.1, -0.05) is 30.7 Å². The first-order valence-corrected chi connectivity index (χ1v) is 7.35. The van der Waals surface area contributed by atoms with E-state index in [4.69, 9.17) is 16.3 Å². The van der Waals surface area contributed by atoms with Gasteiger partial charge in [0.2, 0.25) is 11.8 Å². The van der Waals surface area contributed by atoms with Gasteiger partial charge >= 0.3 is 0 Å². The second-order valence-corrected chi connectivity index (χ2v) is 5.19. The number of halogens is 2. The minimum atomic E-state index is -1.46. The molecule has 2 amide bonds. The molecule has 0 saturated carbocycles. The highest BCUT2D eigenvalue weighted by molar-refractivity contribution is 6.30. The zero-order valence-electron chi connectivity index (χ0n) is 12.6. The third-order valence-electron chi connectivity index (χ3n) is 2.81. The topological polar surface area (TPSA) is 67.4 Å². The van der Waals surface area contributed by atoms with Crippen molar-refractivity contribution in [2.45, 2.75) is 39.2 Å². The van der Waals surface area contributed by atoms with Crippen LogP contribution >= 0.6 is 11.6 Å². The lowest BCUT2D eigenvalue weighted by atomic mass is 10.2. The molecular formula is C15H20ClFN2O3. The number of carbonyl (C=O) groups excluding carboxylic acids is 2. The molecule has 0 radical (unpaired) electrons.